The van der Waals surface area contributed by atoms with Crippen molar-refractivity contribution >= 4 is 5.96 Å². The van der Waals surface area contributed by atoms with E-state index in [4.69, 9.17) is 14.2 Å². The van der Waals surface area contributed by atoms with Crippen LogP contribution in [-0.4, -0.2) is 65.2 Å². The minimum Gasteiger partial charge on any atom is -0.385 e. The second-order valence-corrected chi connectivity index (χ2v) is 5.10. The molecule has 0 radical (unpaired) electrons. The molecule has 0 aromatic heterocycles. The molecule has 1 fully saturated rings. The van der Waals surface area contributed by atoms with E-state index in [9.17, 15) is 0 Å². The predicted molar refractivity (Wildman–Crippen MR) is 84.9 cm³/mol. The third-order valence-corrected chi connectivity index (χ3v) is 3.21. The Morgan fingerprint density at radius 3 is 2.90 bits per heavy atom. The van der Waals surface area contributed by atoms with Crippen LogP contribution < -0.4 is 10.6 Å². The van der Waals surface area contributed by atoms with Crippen molar-refractivity contribution < 1.29 is 14.2 Å². The largest absolute Gasteiger partial charge is 0.385 e. The first-order chi connectivity index (χ1) is 10.4. The second kappa shape index (κ2) is 12.9. The lowest BCUT2D eigenvalue weighted by atomic mass is 10.2. The zero-order chi connectivity index (χ0) is 15.2. The molecule has 0 aromatic rings. The van der Waals surface area contributed by atoms with Gasteiger partial charge in [0.1, 0.15) is 0 Å². The van der Waals surface area contributed by atoms with Gasteiger partial charge in [0.15, 0.2) is 5.96 Å². The molecule has 1 saturated heterocycles. The van der Waals surface area contributed by atoms with Crippen molar-refractivity contribution in [2.75, 3.05) is 53.2 Å². The highest BCUT2D eigenvalue weighted by atomic mass is 16.5. The molecule has 0 spiro atoms. The maximum absolute atomic E-state index is 5.63. The van der Waals surface area contributed by atoms with Crippen LogP contribution in [0.4, 0.5) is 0 Å². The molecular formula is C15H31N3O3. The Balaban J connectivity index is 2.00. The van der Waals surface area contributed by atoms with Gasteiger partial charge in [-0.3, -0.25) is 4.99 Å². The van der Waals surface area contributed by atoms with Crippen LogP contribution in [0.15, 0.2) is 4.99 Å². The number of methoxy groups -OCH3 is 1. The van der Waals surface area contributed by atoms with Crippen LogP contribution >= 0.6 is 0 Å². The summed E-state index contributed by atoms with van der Waals surface area (Å²) in [6, 6.07) is 0. The van der Waals surface area contributed by atoms with E-state index in [2.05, 4.69) is 22.5 Å². The highest BCUT2D eigenvalue weighted by Gasteiger charge is 2.14. The Bertz CT molecular complexity index is 269. The number of ether oxygens (including phenoxy) is 3. The molecule has 0 aromatic carbocycles. The molecule has 1 rings (SSSR count). The quantitative estimate of drug-likeness (QED) is 0.341. The fraction of sp³-hybridized carbons (Fsp3) is 0.933. The molecule has 1 unspecified atom stereocenters. The first-order valence-electron chi connectivity index (χ1n) is 8.07. The van der Waals surface area contributed by atoms with Crippen LogP contribution in [-0.2, 0) is 14.2 Å². The van der Waals surface area contributed by atoms with Gasteiger partial charge in [-0.1, -0.05) is 0 Å². The Hall–Kier alpha value is -0.850. The van der Waals surface area contributed by atoms with Crippen molar-refractivity contribution in [3.8, 4) is 0 Å². The third-order valence-electron chi connectivity index (χ3n) is 3.21. The Morgan fingerprint density at radius 2 is 2.19 bits per heavy atom. The predicted octanol–water partition coefficient (Wildman–Crippen LogP) is 1.16. The van der Waals surface area contributed by atoms with E-state index in [0.717, 1.165) is 71.3 Å². The zero-order valence-corrected chi connectivity index (χ0v) is 13.5. The lowest BCUT2D eigenvalue weighted by Crippen LogP contribution is -2.38. The third kappa shape index (κ3) is 9.66. The van der Waals surface area contributed by atoms with Crippen molar-refractivity contribution in [2.45, 2.75) is 38.7 Å². The van der Waals surface area contributed by atoms with Gasteiger partial charge in [0.05, 0.1) is 12.7 Å². The van der Waals surface area contributed by atoms with Gasteiger partial charge in [-0.2, -0.15) is 0 Å². The zero-order valence-electron chi connectivity index (χ0n) is 13.5. The summed E-state index contributed by atoms with van der Waals surface area (Å²) in [6.07, 6.45) is 4.53. The van der Waals surface area contributed by atoms with Crippen molar-refractivity contribution in [2.24, 2.45) is 4.99 Å². The van der Waals surface area contributed by atoms with E-state index in [1.54, 1.807) is 7.11 Å². The number of hydrogen-bond donors (Lipinski definition) is 2. The van der Waals surface area contributed by atoms with Crippen LogP contribution in [0.3, 0.4) is 0 Å². The average Bonchev–Trinajstić information content (AvgIpc) is 3.00. The molecule has 6 nitrogen and oxygen atoms in total. The Labute approximate surface area is 128 Å². The SMILES string of the molecule is CCNC(=NCCCOC)NCCCOCC1CCCO1. The molecule has 1 heterocycles. The average molecular weight is 301 g/mol. The van der Waals surface area contributed by atoms with Gasteiger partial charge in [-0.15, -0.1) is 0 Å². The number of hydrogen-bond acceptors (Lipinski definition) is 4. The van der Waals surface area contributed by atoms with Crippen LogP contribution in [0.5, 0.6) is 0 Å². The fourth-order valence-corrected chi connectivity index (χ4v) is 2.11. The number of aliphatic imine (C=N–C) groups is 1. The van der Waals surface area contributed by atoms with Crippen LogP contribution in [0, 0.1) is 0 Å². The summed E-state index contributed by atoms with van der Waals surface area (Å²) in [5.41, 5.74) is 0. The summed E-state index contributed by atoms with van der Waals surface area (Å²) < 4.78 is 16.2. The van der Waals surface area contributed by atoms with Crippen molar-refractivity contribution in [1.29, 1.82) is 0 Å². The smallest absolute Gasteiger partial charge is 0.191 e. The Kier molecular flexibility index (Phi) is 11.1. The molecule has 1 aliphatic heterocycles. The lowest BCUT2D eigenvalue weighted by molar-refractivity contribution is 0.0168. The van der Waals surface area contributed by atoms with E-state index in [1.165, 1.54) is 6.42 Å². The normalized spacial score (nSPS) is 19.0. The minimum atomic E-state index is 0.317. The first kappa shape index (κ1) is 18.2. The maximum atomic E-state index is 5.63. The summed E-state index contributed by atoms with van der Waals surface area (Å²) in [4.78, 5) is 4.49. The molecule has 0 amide bonds. The van der Waals surface area contributed by atoms with Gasteiger partial charge in [0.2, 0.25) is 0 Å². The van der Waals surface area contributed by atoms with Gasteiger partial charge >= 0.3 is 0 Å². The lowest BCUT2D eigenvalue weighted by Gasteiger charge is -2.12. The first-order valence-corrected chi connectivity index (χ1v) is 8.07. The van der Waals surface area contributed by atoms with Gasteiger partial charge in [0.25, 0.3) is 0 Å². The van der Waals surface area contributed by atoms with Gasteiger partial charge in [-0.05, 0) is 32.6 Å². The minimum absolute atomic E-state index is 0.317. The number of nitrogens with zero attached hydrogens (tertiary/aromatic N) is 1. The van der Waals surface area contributed by atoms with Crippen LogP contribution in [0.2, 0.25) is 0 Å². The van der Waals surface area contributed by atoms with Gasteiger partial charge in [0, 0.05) is 46.6 Å². The second-order valence-electron chi connectivity index (χ2n) is 5.10. The topological polar surface area (TPSA) is 64.1 Å². The van der Waals surface area contributed by atoms with Crippen LogP contribution in [0.25, 0.3) is 0 Å². The van der Waals surface area contributed by atoms with E-state index in [-0.39, 0.29) is 0 Å². The molecular weight excluding hydrogens is 270 g/mol. The molecule has 6 heteroatoms. The van der Waals surface area contributed by atoms with E-state index in [0.29, 0.717) is 6.10 Å². The monoisotopic (exact) mass is 301 g/mol. The van der Waals surface area contributed by atoms with E-state index in [1.807, 2.05) is 0 Å². The maximum Gasteiger partial charge on any atom is 0.191 e. The fourth-order valence-electron chi connectivity index (χ4n) is 2.11. The van der Waals surface area contributed by atoms with Crippen molar-refractivity contribution in [3.63, 3.8) is 0 Å². The summed E-state index contributed by atoms with van der Waals surface area (Å²) in [6.45, 7) is 7.70. The van der Waals surface area contributed by atoms with Gasteiger partial charge in [-0.25, -0.2) is 0 Å². The van der Waals surface area contributed by atoms with Crippen molar-refractivity contribution in [3.05, 3.63) is 0 Å². The number of nitrogens with one attached hydrogen (secondary N) is 2. The molecule has 21 heavy (non-hydrogen) atoms. The Morgan fingerprint density at radius 1 is 1.29 bits per heavy atom. The number of rotatable bonds is 11. The summed E-state index contributed by atoms with van der Waals surface area (Å²) >= 11 is 0. The highest BCUT2D eigenvalue weighted by molar-refractivity contribution is 5.79. The standard InChI is InChI=1S/C15H31N3O3/c1-3-16-15(17-8-5-10-19-2)18-9-6-11-20-13-14-7-4-12-21-14/h14H,3-13H2,1-2H3,(H2,16,17,18). The molecule has 0 bridgehead atoms. The van der Waals surface area contributed by atoms with E-state index >= 15 is 0 Å². The summed E-state index contributed by atoms with van der Waals surface area (Å²) in [5, 5.41) is 6.55. The van der Waals surface area contributed by atoms with E-state index < -0.39 is 0 Å². The summed E-state index contributed by atoms with van der Waals surface area (Å²) in [7, 11) is 1.71. The number of guanidine groups is 1. The molecule has 2 N–H and O–H groups in total. The molecule has 1 aliphatic rings. The van der Waals surface area contributed by atoms with Crippen molar-refractivity contribution in [1.82, 2.24) is 10.6 Å². The molecule has 1 atom stereocenters. The molecule has 0 saturated carbocycles. The molecule has 124 valence electrons. The highest BCUT2D eigenvalue weighted by Crippen LogP contribution is 2.11. The summed E-state index contributed by atoms with van der Waals surface area (Å²) in [5.74, 6) is 0.868. The molecule has 0 aliphatic carbocycles. The van der Waals surface area contributed by atoms with Crippen LogP contribution in [0.1, 0.15) is 32.6 Å². The van der Waals surface area contributed by atoms with Gasteiger partial charge < -0.3 is 24.8 Å².